The molecular weight excluding hydrogens is 210 g/mol. The Bertz CT molecular complexity index is 212. The van der Waals surface area contributed by atoms with Crippen LogP contribution in [-0.2, 0) is 0 Å². The zero-order valence-electron chi connectivity index (χ0n) is 11.9. The van der Waals surface area contributed by atoms with E-state index in [0.717, 1.165) is 19.6 Å². The van der Waals surface area contributed by atoms with Crippen LogP contribution in [0.2, 0.25) is 0 Å². The Labute approximate surface area is 107 Å². The van der Waals surface area contributed by atoms with Crippen LogP contribution in [0, 0.1) is 0 Å². The van der Waals surface area contributed by atoms with Crippen molar-refractivity contribution < 1.29 is 4.58 Å². The number of hydrogen-bond donors (Lipinski definition) is 1. The molecule has 3 heteroatoms. The van der Waals surface area contributed by atoms with Gasteiger partial charge in [0.2, 0.25) is 6.34 Å². The van der Waals surface area contributed by atoms with Crippen LogP contribution in [0.3, 0.4) is 0 Å². The Kier molecular flexibility index (Phi) is 11.1. The average molecular weight is 240 g/mol. The highest BCUT2D eigenvalue weighted by molar-refractivity contribution is 5.50. The fraction of sp³-hybridized carbons (Fsp3) is 0.786. The Morgan fingerprint density at radius 1 is 1.24 bits per heavy atom. The Balaban J connectivity index is 3.76. The lowest BCUT2D eigenvalue weighted by Crippen LogP contribution is -2.23. The maximum atomic E-state index is 3.85. The fourth-order valence-corrected chi connectivity index (χ4v) is 1.69. The van der Waals surface area contributed by atoms with Gasteiger partial charge in [-0.25, -0.2) is 4.90 Å². The van der Waals surface area contributed by atoms with E-state index in [0.29, 0.717) is 0 Å². The molecule has 0 bridgehead atoms. The number of rotatable bonds is 11. The molecule has 0 saturated carbocycles. The molecule has 0 aromatic rings. The summed E-state index contributed by atoms with van der Waals surface area (Å²) in [6.07, 6.45) is 10.3. The van der Waals surface area contributed by atoms with Gasteiger partial charge in [-0.15, -0.1) is 0 Å². The van der Waals surface area contributed by atoms with Crippen LogP contribution in [0.25, 0.3) is 0 Å². The molecule has 0 saturated heterocycles. The minimum atomic E-state index is 1.07. The molecule has 0 rings (SSSR count). The van der Waals surface area contributed by atoms with E-state index >= 15 is 0 Å². The lowest BCUT2D eigenvalue weighted by Gasteiger charge is -2.09. The lowest BCUT2D eigenvalue weighted by atomic mass is 10.2. The number of unbranched alkanes of at least 4 members (excludes halogenated alkanes) is 3. The second kappa shape index (κ2) is 11.6. The van der Waals surface area contributed by atoms with Gasteiger partial charge in [0.1, 0.15) is 0 Å². The van der Waals surface area contributed by atoms with E-state index < -0.39 is 0 Å². The van der Waals surface area contributed by atoms with Crippen LogP contribution >= 0.6 is 0 Å². The van der Waals surface area contributed by atoms with Gasteiger partial charge in [0.15, 0.2) is 0 Å². The SMILES string of the molecule is C=CN(C=[N+](C)CCCCCNC)CCCC. The summed E-state index contributed by atoms with van der Waals surface area (Å²) in [4.78, 5) is 2.18. The zero-order valence-corrected chi connectivity index (χ0v) is 11.9. The summed E-state index contributed by atoms with van der Waals surface area (Å²) >= 11 is 0. The first-order valence-electron chi connectivity index (χ1n) is 6.82. The first kappa shape index (κ1) is 16.2. The van der Waals surface area contributed by atoms with Crippen molar-refractivity contribution in [3.63, 3.8) is 0 Å². The summed E-state index contributed by atoms with van der Waals surface area (Å²) in [5.74, 6) is 0. The van der Waals surface area contributed by atoms with Crippen LogP contribution in [-0.4, -0.2) is 49.5 Å². The molecule has 0 radical (unpaired) electrons. The van der Waals surface area contributed by atoms with Gasteiger partial charge in [0.05, 0.1) is 26.3 Å². The first-order chi connectivity index (χ1) is 8.24. The van der Waals surface area contributed by atoms with E-state index in [1.165, 1.54) is 32.1 Å². The number of nitrogens with one attached hydrogen (secondary N) is 1. The smallest absolute Gasteiger partial charge is 0.238 e. The van der Waals surface area contributed by atoms with Gasteiger partial charge in [0.25, 0.3) is 0 Å². The minimum Gasteiger partial charge on any atom is -0.320 e. The van der Waals surface area contributed by atoms with E-state index in [1.54, 1.807) is 0 Å². The van der Waals surface area contributed by atoms with Crippen LogP contribution in [0.4, 0.5) is 0 Å². The van der Waals surface area contributed by atoms with Gasteiger partial charge >= 0.3 is 0 Å². The molecule has 0 aliphatic rings. The summed E-state index contributed by atoms with van der Waals surface area (Å²) in [6, 6.07) is 0. The van der Waals surface area contributed by atoms with Crippen molar-refractivity contribution in [3.05, 3.63) is 12.8 Å². The summed E-state index contributed by atoms with van der Waals surface area (Å²) in [6.45, 7) is 9.39. The third-order valence-electron chi connectivity index (χ3n) is 2.79. The summed E-state index contributed by atoms with van der Waals surface area (Å²) < 4.78 is 2.26. The topological polar surface area (TPSA) is 18.3 Å². The molecule has 3 nitrogen and oxygen atoms in total. The van der Waals surface area contributed by atoms with Crippen molar-refractivity contribution in [2.75, 3.05) is 33.7 Å². The molecule has 100 valence electrons. The third kappa shape index (κ3) is 10.1. The van der Waals surface area contributed by atoms with E-state index in [4.69, 9.17) is 0 Å². The Morgan fingerprint density at radius 3 is 2.59 bits per heavy atom. The molecule has 1 N–H and O–H groups in total. The van der Waals surface area contributed by atoms with Gasteiger partial charge in [-0.3, -0.25) is 4.58 Å². The average Bonchev–Trinajstić information content (AvgIpc) is 2.34. The van der Waals surface area contributed by atoms with Crippen molar-refractivity contribution in [2.45, 2.75) is 39.0 Å². The molecule has 0 spiro atoms. The molecule has 0 aromatic heterocycles. The van der Waals surface area contributed by atoms with Crippen molar-refractivity contribution >= 4 is 6.34 Å². The summed E-state index contributed by atoms with van der Waals surface area (Å²) in [7, 11) is 4.15. The second-order valence-corrected chi connectivity index (χ2v) is 4.53. The van der Waals surface area contributed by atoms with E-state index in [2.05, 4.69) is 41.7 Å². The Morgan fingerprint density at radius 2 is 2.00 bits per heavy atom. The predicted octanol–water partition coefficient (Wildman–Crippen LogP) is 2.29. The maximum absolute atomic E-state index is 3.85. The second-order valence-electron chi connectivity index (χ2n) is 4.53. The quantitative estimate of drug-likeness (QED) is 0.258. The van der Waals surface area contributed by atoms with E-state index in [-0.39, 0.29) is 0 Å². The van der Waals surface area contributed by atoms with Crippen molar-refractivity contribution in [1.82, 2.24) is 10.2 Å². The fourth-order valence-electron chi connectivity index (χ4n) is 1.69. The molecule has 0 heterocycles. The predicted molar refractivity (Wildman–Crippen MR) is 76.7 cm³/mol. The highest BCUT2D eigenvalue weighted by atomic mass is 15.2. The Hall–Kier alpha value is -0.830. The molecule has 0 unspecified atom stereocenters. The van der Waals surface area contributed by atoms with Crippen LogP contribution < -0.4 is 5.32 Å². The zero-order chi connectivity index (χ0) is 12.9. The molecular formula is C14H30N3+. The van der Waals surface area contributed by atoms with Gasteiger partial charge in [-0.2, -0.15) is 0 Å². The first-order valence-corrected chi connectivity index (χ1v) is 6.82. The monoisotopic (exact) mass is 240 g/mol. The van der Waals surface area contributed by atoms with Crippen LogP contribution in [0.1, 0.15) is 39.0 Å². The molecule has 0 atom stereocenters. The molecule has 0 amide bonds. The summed E-state index contributed by atoms with van der Waals surface area (Å²) in [5.41, 5.74) is 0. The summed E-state index contributed by atoms with van der Waals surface area (Å²) in [5, 5.41) is 3.18. The minimum absolute atomic E-state index is 1.07. The van der Waals surface area contributed by atoms with Gasteiger partial charge in [-0.05, 0) is 39.3 Å². The van der Waals surface area contributed by atoms with Gasteiger partial charge in [-0.1, -0.05) is 19.9 Å². The number of hydrogen-bond acceptors (Lipinski definition) is 1. The standard InChI is InChI=1S/C14H30N3/c1-5-7-13-17(6-2)14-16(4)12-10-8-9-11-15-3/h6,14-15H,2,5,7-13H2,1,3-4H3/q+1. The van der Waals surface area contributed by atoms with Crippen molar-refractivity contribution in [3.8, 4) is 0 Å². The van der Waals surface area contributed by atoms with Gasteiger partial charge in [0, 0.05) is 0 Å². The van der Waals surface area contributed by atoms with Gasteiger partial charge < -0.3 is 5.32 Å². The number of nitrogens with zero attached hydrogens (tertiary/aromatic N) is 2. The normalized spacial score (nSPS) is 11.6. The van der Waals surface area contributed by atoms with Crippen molar-refractivity contribution in [2.24, 2.45) is 0 Å². The third-order valence-corrected chi connectivity index (χ3v) is 2.79. The largest absolute Gasteiger partial charge is 0.320 e. The van der Waals surface area contributed by atoms with Crippen molar-refractivity contribution in [1.29, 1.82) is 0 Å². The molecule has 17 heavy (non-hydrogen) atoms. The molecule has 0 aliphatic carbocycles. The van der Waals surface area contributed by atoms with Crippen LogP contribution in [0.5, 0.6) is 0 Å². The highest BCUT2D eigenvalue weighted by Crippen LogP contribution is 1.95. The van der Waals surface area contributed by atoms with E-state index in [9.17, 15) is 0 Å². The van der Waals surface area contributed by atoms with E-state index in [1.807, 2.05) is 13.2 Å². The maximum Gasteiger partial charge on any atom is 0.238 e. The molecule has 0 fully saturated rings. The lowest BCUT2D eigenvalue weighted by molar-refractivity contribution is -0.497. The van der Waals surface area contributed by atoms with Crippen LogP contribution in [0.15, 0.2) is 12.8 Å². The molecule has 0 aromatic carbocycles. The molecule has 0 aliphatic heterocycles. The highest BCUT2D eigenvalue weighted by Gasteiger charge is 2.02.